The first-order valence-corrected chi connectivity index (χ1v) is 13.9. The van der Waals surface area contributed by atoms with Crippen molar-refractivity contribution in [3.8, 4) is 0 Å². The van der Waals surface area contributed by atoms with Crippen molar-refractivity contribution in [3.05, 3.63) is 136 Å². The molecule has 1 aromatic heterocycles. The summed E-state index contributed by atoms with van der Waals surface area (Å²) in [7, 11) is 1.00. The van der Waals surface area contributed by atoms with Crippen molar-refractivity contribution in [1.82, 2.24) is 20.1 Å². The Labute approximate surface area is 247 Å². The normalized spacial score (nSPS) is 11.6. The maximum Gasteiger partial charge on any atom is 0.207 e. The van der Waals surface area contributed by atoms with Gasteiger partial charge in [0.05, 0.1) is 0 Å². The summed E-state index contributed by atoms with van der Waals surface area (Å²) in [5.41, 5.74) is 4.68. The predicted octanol–water partition coefficient (Wildman–Crippen LogP) is 5.99. The Morgan fingerprint density at radius 2 is 1.40 bits per heavy atom. The lowest BCUT2D eigenvalue weighted by Gasteiger charge is -2.36. The van der Waals surface area contributed by atoms with Gasteiger partial charge in [-0.25, -0.2) is 0 Å². The molecule has 1 heterocycles. The minimum atomic E-state index is 0.0659. The van der Waals surface area contributed by atoms with Crippen LogP contribution in [0.15, 0.2) is 103 Å². The second kappa shape index (κ2) is 17.4. The van der Waals surface area contributed by atoms with Crippen LogP contribution in [-0.2, 0) is 24.4 Å². The molecule has 1 unspecified atom stereocenters. The number of aliphatic hydroxyl groups excluding tert-OH is 1. The Bertz CT molecular complexity index is 1230. The van der Waals surface area contributed by atoms with E-state index in [0.29, 0.717) is 13.1 Å². The van der Waals surface area contributed by atoms with Crippen molar-refractivity contribution in [2.75, 3.05) is 26.7 Å². The monoisotopic (exact) mass is 578 g/mol. The molecule has 4 rings (SSSR count). The smallest absolute Gasteiger partial charge is 0.207 e. The summed E-state index contributed by atoms with van der Waals surface area (Å²) in [5.74, 6) is 0. The van der Waals surface area contributed by atoms with Gasteiger partial charge < -0.3 is 10.4 Å². The molecule has 0 bridgehead atoms. The molecule has 0 aliphatic rings. The van der Waals surface area contributed by atoms with Crippen LogP contribution in [0.5, 0.6) is 0 Å². The molecule has 40 heavy (non-hydrogen) atoms. The minimum absolute atomic E-state index is 0.0659. The van der Waals surface area contributed by atoms with Gasteiger partial charge in [-0.3, -0.25) is 19.6 Å². The van der Waals surface area contributed by atoms with Gasteiger partial charge in [-0.15, -0.1) is 0 Å². The largest absolute Gasteiger partial charge is 0.400 e. The number of halogens is 2. The van der Waals surface area contributed by atoms with E-state index in [2.05, 4.69) is 56.5 Å². The van der Waals surface area contributed by atoms with E-state index < -0.39 is 0 Å². The quantitative estimate of drug-likeness (QED) is 0.142. The van der Waals surface area contributed by atoms with Gasteiger partial charge in [0.25, 0.3) is 0 Å². The second-order valence-corrected chi connectivity index (χ2v) is 10.1. The van der Waals surface area contributed by atoms with Crippen LogP contribution >= 0.6 is 23.2 Å². The zero-order valence-electron chi connectivity index (χ0n) is 22.7. The SMILES string of the molecule is CO.O=CNCCN(Cc1ccncc1)C(CN(Cc1cccc(Cl)c1)Cc1cccc(Cl)c1)c1ccccc1. The molecule has 1 amide bonds. The van der Waals surface area contributed by atoms with Crippen molar-refractivity contribution < 1.29 is 9.90 Å². The standard InChI is InChI=1S/C31H32Cl2N4O.CH4O/c32-29-10-4-6-26(18-29)20-36(21-27-7-5-11-30(33)19-27)23-31(28-8-2-1-3-9-28)37(17-16-35-24-38)22-25-12-14-34-15-13-25;1-2/h1-15,18-19,24,31H,16-17,20-23H2,(H,35,38);2H,1H3. The van der Waals surface area contributed by atoms with Gasteiger partial charge in [-0.2, -0.15) is 0 Å². The number of carbonyl (C=O) groups excluding carboxylic acids is 1. The maximum atomic E-state index is 11.1. The number of hydrogen-bond donors (Lipinski definition) is 2. The topological polar surface area (TPSA) is 68.7 Å². The molecule has 6 nitrogen and oxygen atoms in total. The summed E-state index contributed by atoms with van der Waals surface area (Å²) in [4.78, 5) is 20.1. The number of nitrogens with zero attached hydrogens (tertiary/aromatic N) is 3. The molecule has 4 aromatic rings. The number of aromatic nitrogens is 1. The highest BCUT2D eigenvalue weighted by Crippen LogP contribution is 2.26. The highest BCUT2D eigenvalue weighted by Gasteiger charge is 2.24. The Balaban J connectivity index is 0.00000216. The van der Waals surface area contributed by atoms with Crippen molar-refractivity contribution in [2.45, 2.75) is 25.7 Å². The fourth-order valence-corrected chi connectivity index (χ4v) is 5.08. The van der Waals surface area contributed by atoms with E-state index in [1.807, 2.05) is 67.0 Å². The van der Waals surface area contributed by atoms with Crippen LogP contribution in [0.1, 0.15) is 28.3 Å². The lowest BCUT2D eigenvalue weighted by atomic mass is 10.0. The second-order valence-electron chi connectivity index (χ2n) is 9.25. The highest BCUT2D eigenvalue weighted by molar-refractivity contribution is 6.30. The zero-order valence-corrected chi connectivity index (χ0v) is 24.2. The van der Waals surface area contributed by atoms with Gasteiger partial charge >= 0.3 is 0 Å². The summed E-state index contributed by atoms with van der Waals surface area (Å²) in [6.45, 7) is 4.20. The Morgan fingerprint density at radius 3 is 1.95 bits per heavy atom. The van der Waals surface area contributed by atoms with Crippen molar-refractivity contribution in [3.63, 3.8) is 0 Å². The number of hydrogen-bond acceptors (Lipinski definition) is 5. The molecule has 0 spiro atoms. The molecule has 0 aliphatic carbocycles. The average molecular weight is 580 g/mol. The fraction of sp³-hybridized carbons (Fsp3) is 0.250. The highest BCUT2D eigenvalue weighted by atomic mass is 35.5. The van der Waals surface area contributed by atoms with Gasteiger partial charge in [0, 0.05) is 74.9 Å². The number of pyridine rings is 1. The Hall–Kier alpha value is -3.26. The molecule has 8 heteroatoms. The first-order chi connectivity index (χ1) is 19.6. The lowest BCUT2D eigenvalue weighted by Crippen LogP contribution is -2.40. The summed E-state index contributed by atoms with van der Waals surface area (Å²) in [5, 5.41) is 11.3. The molecule has 0 saturated heterocycles. The van der Waals surface area contributed by atoms with E-state index in [1.165, 1.54) is 11.1 Å². The van der Waals surface area contributed by atoms with Crippen molar-refractivity contribution in [2.24, 2.45) is 0 Å². The summed E-state index contributed by atoms with van der Waals surface area (Å²) in [6.07, 6.45) is 4.39. The molecule has 1 atom stereocenters. The van der Waals surface area contributed by atoms with Crippen LogP contribution in [0.2, 0.25) is 10.0 Å². The molecule has 0 saturated carbocycles. The van der Waals surface area contributed by atoms with Crippen LogP contribution in [0.25, 0.3) is 0 Å². The Kier molecular flexibility index (Phi) is 13.6. The van der Waals surface area contributed by atoms with Crippen LogP contribution in [0.3, 0.4) is 0 Å². The van der Waals surface area contributed by atoms with E-state index >= 15 is 0 Å². The third-order valence-corrected chi connectivity index (χ3v) is 6.88. The molecular weight excluding hydrogens is 543 g/mol. The lowest BCUT2D eigenvalue weighted by molar-refractivity contribution is -0.109. The number of aliphatic hydroxyl groups is 1. The molecular formula is C32H36Cl2N4O2. The van der Waals surface area contributed by atoms with Gasteiger partial charge in [-0.05, 0) is 58.7 Å². The molecule has 0 fully saturated rings. The molecule has 3 aromatic carbocycles. The zero-order chi connectivity index (χ0) is 28.6. The predicted molar refractivity (Wildman–Crippen MR) is 163 cm³/mol. The fourth-order valence-electron chi connectivity index (χ4n) is 4.66. The van der Waals surface area contributed by atoms with Gasteiger partial charge in [0.2, 0.25) is 6.41 Å². The van der Waals surface area contributed by atoms with E-state index in [4.69, 9.17) is 28.3 Å². The first kappa shape index (κ1) is 31.3. The van der Waals surface area contributed by atoms with E-state index in [-0.39, 0.29) is 6.04 Å². The van der Waals surface area contributed by atoms with Crippen molar-refractivity contribution in [1.29, 1.82) is 0 Å². The first-order valence-electron chi connectivity index (χ1n) is 13.1. The van der Waals surface area contributed by atoms with Crippen LogP contribution in [0.4, 0.5) is 0 Å². The van der Waals surface area contributed by atoms with Crippen LogP contribution in [0, 0.1) is 0 Å². The summed E-state index contributed by atoms with van der Waals surface area (Å²) >= 11 is 12.7. The third-order valence-electron chi connectivity index (χ3n) is 6.41. The average Bonchev–Trinajstić information content (AvgIpc) is 2.98. The van der Waals surface area contributed by atoms with Gasteiger partial charge in [0.1, 0.15) is 0 Å². The number of rotatable bonds is 14. The molecule has 0 radical (unpaired) electrons. The van der Waals surface area contributed by atoms with Gasteiger partial charge in [0.15, 0.2) is 0 Å². The number of benzene rings is 3. The van der Waals surface area contributed by atoms with E-state index in [9.17, 15) is 4.79 Å². The number of nitrogens with one attached hydrogen (secondary N) is 1. The third kappa shape index (κ3) is 10.4. The van der Waals surface area contributed by atoms with Crippen LogP contribution < -0.4 is 5.32 Å². The van der Waals surface area contributed by atoms with Crippen LogP contribution in [-0.4, -0.2) is 53.0 Å². The van der Waals surface area contributed by atoms with E-state index in [0.717, 1.165) is 60.9 Å². The van der Waals surface area contributed by atoms with Crippen molar-refractivity contribution >= 4 is 29.6 Å². The minimum Gasteiger partial charge on any atom is -0.400 e. The summed E-state index contributed by atoms with van der Waals surface area (Å²) in [6, 6.07) is 30.7. The molecule has 210 valence electrons. The van der Waals surface area contributed by atoms with Gasteiger partial charge in [-0.1, -0.05) is 77.8 Å². The Morgan fingerprint density at radius 1 is 0.800 bits per heavy atom. The number of amides is 1. The molecule has 2 N–H and O–H groups in total. The maximum absolute atomic E-state index is 11.1. The summed E-state index contributed by atoms with van der Waals surface area (Å²) < 4.78 is 0. The molecule has 0 aliphatic heterocycles. The van der Waals surface area contributed by atoms with E-state index in [1.54, 1.807) is 0 Å². The number of carbonyl (C=O) groups is 1.